The zero-order valence-corrected chi connectivity index (χ0v) is 18.3. The maximum Gasteiger partial charge on any atom is 0.257 e. The molecule has 6 heteroatoms. The number of rotatable bonds is 5. The molecule has 1 aliphatic rings. The lowest BCUT2D eigenvalue weighted by Crippen LogP contribution is -2.38. The van der Waals surface area contributed by atoms with Crippen LogP contribution in [0, 0.1) is 0 Å². The van der Waals surface area contributed by atoms with E-state index in [1.807, 2.05) is 48.7 Å². The average molecular weight is 426 g/mol. The molecule has 4 N–H and O–H groups in total. The number of benzene rings is 2. The average Bonchev–Trinajstić information content (AvgIpc) is 3.20. The van der Waals surface area contributed by atoms with Gasteiger partial charge < -0.3 is 20.9 Å². The fourth-order valence-corrected chi connectivity index (χ4v) is 4.47. The zero-order chi connectivity index (χ0) is 22.1. The lowest BCUT2D eigenvalue weighted by Gasteiger charge is -2.33. The highest BCUT2D eigenvalue weighted by Gasteiger charge is 2.27. The molecule has 1 aliphatic heterocycles. The fourth-order valence-electron chi connectivity index (χ4n) is 4.47. The van der Waals surface area contributed by atoms with Crippen LogP contribution in [0.2, 0.25) is 0 Å². The SMILES string of the molecule is CC1(C)CNCc2cc(NC(=O)c3ccccc3NCc3c[nH]c4ncccc34)ccc21. The van der Waals surface area contributed by atoms with Crippen molar-refractivity contribution in [2.24, 2.45) is 0 Å². The highest BCUT2D eigenvalue weighted by molar-refractivity contribution is 6.08. The molecule has 3 heterocycles. The summed E-state index contributed by atoms with van der Waals surface area (Å²) in [6.45, 7) is 6.84. The molecule has 4 aromatic rings. The summed E-state index contributed by atoms with van der Waals surface area (Å²) in [6, 6.07) is 17.8. The quantitative estimate of drug-likeness (QED) is 0.370. The van der Waals surface area contributed by atoms with E-state index in [1.165, 1.54) is 11.1 Å². The van der Waals surface area contributed by atoms with E-state index < -0.39 is 0 Å². The predicted molar refractivity (Wildman–Crippen MR) is 129 cm³/mol. The minimum Gasteiger partial charge on any atom is -0.380 e. The number of aromatic amines is 1. The largest absolute Gasteiger partial charge is 0.380 e. The number of anilines is 2. The monoisotopic (exact) mass is 425 g/mol. The Morgan fingerprint density at radius 2 is 2.00 bits per heavy atom. The van der Waals surface area contributed by atoms with Crippen LogP contribution in [0.15, 0.2) is 67.0 Å². The van der Waals surface area contributed by atoms with Crippen LogP contribution in [0.3, 0.4) is 0 Å². The Balaban J connectivity index is 1.34. The van der Waals surface area contributed by atoms with E-state index in [0.29, 0.717) is 12.1 Å². The van der Waals surface area contributed by atoms with Crippen molar-refractivity contribution >= 4 is 28.3 Å². The lowest BCUT2D eigenvalue weighted by atomic mass is 9.79. The van der Waals surface area contributed by atoms with Crippen LogP contribution in [0.25, 0.3) is 11.0 Å². The van der Waals surface area contributed by atoms with Crippen LogP contribution in [0.1, 0.15) is 40.9 Å². The number of aromatic nitrogens is 2. The summed E-state index contributed by atoms with van der Waals surface area (Å²) in [7, 11) is 0. The highest BCUT2D eigenvalue weighted by atomic mass is 16.1. The van der Waals surface area contributed by atoms with Gasteiger partial charge in [0.15, 0.2) is 0 Å². The first-order valence-corrected chi connectivity index (χ1v) is 10.9. The Kier molecular flexibility index (Phi) is 5.15. The Morgan fingerprint density at radius 1 is 1.12 bits per heavy atom. The number of fused-ring (bicyclic) bond motifs is 2. The van der Waals surface area contributed by atoms with E-state index in [-0.39, 0.29) is 11.3 Å². The molecule has 0 bridgehead atoms. The summed E-state index contributed by atoms with van der Waals surface area (Å²) in [4.78, 5) is 20.6. The van der Waals surface area contributed by atoms with E-state index in [0.717, 1.165) is 41.1 Å². The van der Waals surface area contributed by atoms with Crippen molar-refractivity contribution < 1.29 is 4.79 Å². The van der Waals surface area contributed by atoms with E-state index >= 15 is 0 Å². The topological polar surface area (TPSA) is 81.8 Å². The Bertz CT molecular complexity index is 1290. The molecular weight excluding hydrogens is 398 g/mol. The zero-order valence-electron chi connectivity index (χ0n) is 18.3. The van der Waals surface area contributed by atoms with Gasteiger partial charge in [-0.3, -0.25) is 4.79 Å². The highest BCUT2D eigenvalue weighted by Crippen LogP contribution is 2.31. The van der Waals surface area contributed by atoms with Crippen LogP contribution in [0.5, 0.6) is 0 Å². The smallest absolute Gasteiger partial charge is 0.257 e. The molecule has 0 saturated heterocycles. The molecule has 2 aromatic carbocycles. The predicted octanol–water partition coefficient (Wildman–Crippen LogP) is 4.81. The van der Waals surface area contributed by atoms with Gasteiger partial charge >= 0.3 is 0 Å². The second kappa shape index (κ2) is 8.13. The van der Waals surface area contributed by atoms with Crippen molar-refractivity contribution in [3.63, 3.8) is 0 Å². The Morgan fingerprint density at radius 3 is 2.91 bits per heavy atom. The number of hydrogen-bond acceptors (Lipinski definition) is 4. The van der Waals surface area contributed by atoms with Gasteiger partial charge in [-0.2, -0.15) is 0 Å². The van der Waals surface area contributed by atoms with Gasteiger partial charge in [-0.1, -0.05) is 32.0 Å². The number of pyridine rings is 1. The number of nitrogens with zero attached hydrogens (tertiary/aromatic N) is 1. The molecule has 0 aliphatic carbocycles. The summed E-state index contributed by atoms with van der Waals surface area (Å²) < 4.78 is 0. The summed E-state index contributed by atoms with van der Waals surface area (Å²) in [5.41, 5.74) is 6.85. The van der Waals surface area contributed by atoms with Crippen molar-refractivity contribution in [2.45, 2.75) is 32.4 Å². The minimum absolute atomic E-state index is 0.0879. The van der Waals surface area contributed by atoms with Gasteiger partial charge in [0, 0.05) is 54.2 Å². The van der Waals surface area contributed by atoms with Crippen molar-refractivity contribution in [1.29, 1.82) is 0 Å². The molecule has 6 nitrogen and oxygen atoms in total. The summed E-state index contributed by atoms with van der Waals surface area (Å²) >= 11 is 0. The van der Waals surface area contributed by atoms with E-state index in [9.17, 15) is 4.79 Å². The number of para-hydroxylation sites is 1. The minimum atomic E-state index is -0.128. The van der Waals surface area contributed by atoms with Gasteiger partial charge in [0.1, 0.15) is 5.65 Å². The van der Waals surface area contributed by atoms with Crippen molar-refractivity contribution in [3.8, 4) is 0 Å². The van der Waals surface area contributed by atoms with Crippen LogP contribution in [-0.2, 0) is 18.5 Å². The van der Waals surface area contributed by atoms with Crippen molar-refractivity contribution in [1.82, 2.24) is 15.3 Å². The molecule has 0 saturated carbocycles. The van der Waals surface area contributed by atoms with Gasteiger partial charge in [-0.15, -0.1) is 0 Å². The number of carbonyl (C=O) groups excluding carboxylic acids is 1. The molecular formula is C26H27N5O. The number of nitrogens with one attached hydrogen (secondary N) is 4. The number of hydrogen-bond donors (Lipinski definition) is 4. The first-order chi connectivity index (χ1) is 15.5. The summed E-state index contributed by atoms with van der Waals surface area (Å²) in [5.74, 6) is -0.128. The van der Waals surface area contributed by atoms with Crippen LogP contribution in [-0.4, -0.2) is 22.4 Å². The van der Waals surface area contributed by atoms with E-state index in [4.69, 9.17) is 0 Å². The molecule has 162 valence electrons. The summed E-state index contributed by atoms with van der Waals surface area (Å²) in [5, 5.41) is 11.0. The normalized spacial score (nSPS) is 14.7. The van der Waals surface area contributed by atoms with Crippen LogP contribution >= 0.6 is 0 Å². The van der Waals surface area contributed by atoms with Crippen LogP contribution in [0.4, 0.5) is 11.4 Å². The van der Waals surface area contributed by atoms with E-state index in [2.05, 4.69) is 51.9 Å². The molecule has 0 unspecified atom stereocenters. The molecule has 0 radical (unpaired) electrons. The number of amides is 1. The first-order valence-electron chi connectivity index (χ1n) is 10.9. The fraction of sp³-hybridized carbons (Fsp3) is 0.231. The maximum atomic E-state index is 13.1. The van der Waals surface area contributed by atoms with Gasteiger partial charge in [0.2, 0.25) is 0 Å². The molecule has 32 heavy (non-hydrogen) atoms. The molecule has 1 amide bonds. The van der Waals surface area contributed by atoms with Crippen LogP contribution < -0.4 is 16.0 Å². The number of carbonyl (C=O) groups is 1. The lowest BCUT2D eigenvalue weighted by molar-refractivity contribution is 0.102. The Hall–Kier alpha value is -3.64. The van der Waals surface area contributed by atoms with Gasteiger partial charge in [-0.05, 0) is 53.1 Å². The molecule has 5 rings (SSSR count). The molecule has 0 spiro atoms. The van der Waals surface area contributed by atoms with Crippen molar-refractivity contribution in [2.75, 3.05) is 17.2 Å². The van der Waals surface area contributed by atoms with E-state index in [1.54, 1.807) is 6.20 Å². The maximum absolute atomic E-state index is 13.1. The van der Waals surface area contributed by atoms with Crippen molar-refractivity contribution in [3.05, 3.63) is 89.2 Å². The molecule has 0 atom stereocenters. The third-order valence-corrected chi connectivity index (χ3v) is 6.15. The third-order valence-electron chi connectivity index (χ3n) is 6.15. The Labute approximate surface area is 187 Å². The first kappa shape index (κ1) is 20.3. The van der Waals surface area contributed by atoms with Gasteiger partial charge in [-0.25, -0.2) is 4.98 Å². The second-order valence-corrected chi connectivity index (χ2v) is 8.93. The molecule has 0 fully saturated rings. The second-order valence-electron chi connectivity index (χ2n) is 8.93. The molecule has 2 aromatic heterocycles. The van der Waals surface area contributed by atoms with Gasteiger partial charge in [0.25, 0.3) is 5.91 Å². The number of H-pyrrole nitrogens is 1. The third kappa shape index (κ3) is 3.85. The summed E-state index contributed by atoms with van der Waals surface area (Å²) in [6.07, 6.45) is 3.73. The van der Waals surface area contributed by atoms with Gasteiger partial charge in [0.05, 0.1) is 5.56 Å². The standard InChI is InChI=1S/C26H27N5O/c1-26(2)16-27-13-17-12-19(9-10-22(17)26)31-25(32)21-6-3-4-8-23(21)29-14-18-15-30-24-20(18)7-5-11-28-24/h3-12,15,27,29H,13-14,16H2,1-2H3,(H,28,30)(H,31,32).